The van der Waals surface area contributed by atoms with Gasteiger partial charge in [0.2, 0.25) is 0 Å². The Bertz CT molecular complexity index is 1220. The van der Waals surface area contributed by atoms with Crippen LogP contribution in [0, 0.1) is 0 Å². The minimum Gasteiger partial charge on any atom is -0.308 e. The van der Waals surface area contributed by atoms with Gasteiger partial charge in [-0.3, -0.25) is 9.52 Å². The van der Waals surface area contributed by atoms with Crippen molar-refractivity contribution in [3.8, 4) is 0 Å². The number of sulfonamides is 1. The Balaban J connectivity index is 1.61. The maximum Gasteiger partial charge on any atom is 0.261 e. The number of amides is 1. The van der Waals surface area contributed by atoms with E-state index in [1.165, 1.54) is 0 Å². The zero-order valence-corrected chi connectivity index (χ0v) is 18.7. The first-order valence-corrected chi connectivity index (χ1v) is 12.1. The van der Waals surface area contributed by atoms with Gasteiger partial charge in [-0.2, -0.15) is 0 Å². The predicted octanol–water partition coefficient (Wildman–Crippen LogP) is 5.30. The number of carbonyl (C=O) groups excluding carboxylic acids is 1. The fourth-order valence-electron chi connectivity index (χ4n) is 3.75. The zero-order valence-electron chi connectivity index (χ0n) is 17.1. The van der Waals surface area contributed by atoms with Gasteiger partial charge in [-0.25, -0.2) is 8.42 Å². The molecular formula is C24H23ClN2O3S. The molecule has 1 amide bonds. The molecule has 0 saturated heterocycles. The van der Waals surface area contributed by atoms with Crippen molar-refractivity contribution in [2.75, 3.05) is 16.2 Å². The molecule has 0 bridgehead atoms. The molecule has 160 valence electrons. The summed E-state index contributed by atoms with van der Waals surface area (Å²) in [4.78, 5) is 14.9. The standard InChI is InChI=1S/C24H23ClN2O3S/c1-2-17-8-10-21(11-9-17)26-31(29,30)22-12-13-23-18(16-22)6-4-14-27(23)24(28)19-5-3-7-20(25)15-19/h3,5,7-13,15-16,26H,2,4,6,14H2,1H3. The molecule has 5 nitrogen and oxygen atoms in total. The molecule has 0 spiro atoms. The Labute approximate surface area is 187 Å². The van der Waals surface area contributed by atoms with Crippen LogP contribution in [0.15, 0.2) is 71.6 Å². The molecule has 3 aromatic carbocycles. The number of nitrogens with zero attached hydrogens (tertiary/aromatic N) is 1. The lowest BCUT2D eigenvalue weighted by molar-refractivity contribution is 0.0985. The molecule has 7 heteroatoms. The highest BCUT2D eigenvalue weighted by Crippen LogP contribution is 2.31. The van der Waals surface area contributed by atoms with E-state index < -0.39 is 10.0 Å². The lowest BCUT2D eigenvalue weighted by Crippen LogP contribution is -2.35. The van der Waals surface area contributed by atoms with Crippen LogP contribution in [0.4, 0.5) is 11.4 Å². The molecule has 1 aliphatic heterocycles. The summed E-state index contributed by atoms with van der Waals surface area (Å²) in [5, 5.41) is 0.502. The van der Waals surface area contributed by atoms with Crippen LogP contribution >= 0.6 is 11.6 Å². The molecule has 31 heavy (non-hydrogen) atoms. The van der Waals surface area contributed by atoms with Gasteiger partial charge < -0.3 is 4.90 Å². The first kappa shape index (κ1) is 21.4. The average molecular weight is 455 g/mol. The van der Waals surface area contributed by atoms with Gasteiger partial charge in [0.1, 0.15) is 0 Å². The number of carbonyl (C=O) groups is 1. The highest BCUT2D eigenvalue weighted by Gasteiger charge is 2.26. The Morgan fingerprint density at radius 1 is 1.06 bits per heavy atom. The van der Waals surface area contributed by atoms with E-state index in [-0.39, 0.29) is 10.8 Å². The van der Waals surface area contributed by atoms with Gasteiger partial charge in [0.15, 0.2) is 0 Å². The number of anilines is 2. The molecule has 4 rings (SSSR count). The SMILES string of the molecule is CCc1ccc(NS(=O)(=O)c2ccc3c(c2)CCCN3C(=O)c2cccc(Cl)c2)cc1. The van der Waals surface area contributed by atoms with Crippen molar-refractivity contribution in [3.05, 3.63) is 88.4 Å². The molecule has 0 aliphatic carbocycles. The van der Waals surface area contributed by atoms with Gasteiger partial charge in [-0.05, 0) is 78.9 Å². The van der Waals surface area contributed by atoms with E-state index in [1.54, 1.807) is 59.5 Å². The maximum atomic E-state index is 13.0. The Morgan fingerprint density at radius 3 is 2.55 bits per heavy atom. The van der Waals surface area contributed by atoms with Crippen LogP contribution in [0.25, 0.3) is 0 Å². The van der Waals surface area contributed by atoms with Gasteiger partial charge >= 0.3 is 0 Å². The van der Waals surface area contributed by atoms with Gasteiger partial charge in [-0.1, -0.05) is 36.7 Å². The number of hydrogen-bond acceptors (Lipinski definition) is 3. The lowest BCUT2D eigenvalue weighted by atomic mass is 10.0. The molecular weight excluding hydrogens is 432 g/mol. The number of benzene rings is 3. The molecule has 3 aromatic rings. The smallest absolute Gasteiger partial charge is 0.261 e. The summed E-state index contributed by atoms with van der Waals surface area (Å²) in [6.07, 6.45) is 2.36. The fraction of sp³-hybridized carbons (Fsp3) is 0.208. The van der Waals surface area contributed by atoms with E-state index >= 15 is 0 Å². The molecule has 1 N–H and O–H groups in total. The summed E-state index contributed by atoms with van der Waals surface area (Å²) in [5.41, 5.74) is 3.75. The third-order valence-electron chi connectivity index (χ3n) is 5.41. The summed E-state index contributed by atoms with van der Waals surface area (Å²) < 4.78 is 28.5. The molecule has 0 saturated carbocycles. The van der Waals surface area contributed by atoms with E-state index in [1.807, 2.05) is 19.1 Å². The summed E-state index contributed by atoms with van der Waals surface area (Å²) in [5.74, 6) is -0.145. The van der Waals surface area contributed by atoms with Gasteiger partial charge in [0, 0.05) is 28.5 Å². The summed E-state index contributed by atoms with van der Waals surface area (Å²) in [6.45, 7) is 2.62. The van der Waals surface area contributed by atoms with Crippen molar-refractivity contribution in [1.82, 2.24) is 0 Å². The van der Waals surface area contributed by atoms with Crippen molar-refractivity contribution in [2.24, 2.45) is 0 Å². The minimum atomic E-state index is -3.73. The summed E-state index contributed by atoms with van der Waals surface area (Å²) in [6, 6.07) is 19.1. The monoisotopic (exact) mass is 454 g/mol. The van der Waals surface area contributed by atoms with Crippen LogP contribution in [-0.2, 0) is 22.9 Å². The topological polar surface area (TPSA) is 66.5 Å². The highest BCUT2D eigenvalue weighted by molar-refractivity contribution is 7.92. The quantitative estimate of drug-likeness (QED) is 0.569. The van der Waals surface area contributed by atoms with Crippen molar-refractivity contribution in [3.63, 3.8) is 0 Å². The van der Waals surface area contributed by atoms with Gasteiger partial charge in [0.25, 0.3) is 15.9 Å². The van der Waals surface area contributed by atoms with Crippen LogP contribution in [0.2, 0.25) is 5.02 Å². The number of halogens is 1. The third-order valence-corrected chi connectivity index (χ3v) is 7.03. The maximum absolute atomic E-state index is 13.0. The first-order chi connectivity index (χ1) is 14.9. The second-order valence-corrected chi connectivity index (χ2v) is 9.64. The Kier molecular flexibility index (Phi) is 6.03. The number of rotatable bonds is 5. The van der Waals surface area contributed by atoms with Crippen molar-refractivity contribution in [2.45, 2.75) is 31.1 Å². The highest BCUT2D eigenvalue weighted by atomic mass is 35.5. The van der Waals surface area contributed by atoms with E-state index in [0.717, 1.165) is 29.7 Å². The number of aryl methyl sites for hydroxylation is 2. The second kappa shape index (κ2) is 8.73. The van der Waals surface area contributed by atoms with Crippen LogP contribution < -0.4 is 9.62 Å². The molecule has 1 heterocycles. The number of hydrogen-bond donors (Lipinski definition) is 1. The number of nitrogens with one attached hydrogen (secondary N) is 1. The summed E-state index contributed by atoms with van der Waals surface area (Å²) in [7, 11) is -3.73. The second-order valence-electron chi connectivity index (χ2n) is 7.52. The van der Waals surface area contributed by atoms with Gasteiger partial charge in [0.05, 0.1) is 4.90 Å². The Hall–Kier alpha value is -2.83. The van der Waals surface area contributed by atoms with Crippen molar-refractivity contribution in [1.29, 1.82) is 0 Å². The van der Waals surface area contributed by atoms with E-state index in [4.69, 9.17) is 11.6 Å². The third kappa shape index (κ3) is 4.60. The molecule has 0 radical (unpaired) electrons. The largest absolute Gasteiger partial charge is 0.308 e. The van der Waals surface area contributed by atoms with Crippen molar-refractivity contribution < 1.29 is 13.2 Å². The van der Waals surface area contributed by atoms with Gasteiger partial charge in [-0.15, -0.1) is 0 Å². The fourth-order valence-corrected chi connectivity index (χ4v) is 5.05. The van der Waals surface area contributed by atoms with E-state index in [9.17, 15) is 13.2 Å². The van der Waals surface area contributed by atoms with E-state index in [2.05, 4.69) is 4.72 Å². The molecule has 0 fully saturated rings. The molecule has 0 aromatic heterocycles. The molecule has 0 atom stereocenters. The first-order valence-electron chi connectivity index (χ1n) is 10.2. The van der Waals surface area contributed by atoms with Crippen molar-refractivity contribution >= 4 is 38.9 Å². The lowest BCUT2D eigenvalue weighted by Gasteiger charge is -2.30. The predicted molar refractivity (Wildman–Crippen MR) is 125 cm³/mol. The number of fused-ring (bicyclic) bond motifs is 1. The average Bonchev–Trinajstić information content (AvgIpc) is 2.78. The van der Waals surface area contributed by atoms with Crippen LogP contribution in [0.3, 0.4) is 0 Å². The zero-order chi connectivity index (χ0) is 22.0. The van der Waals surface area contributed by atoms with E-state index in [0.29, 0.717) is 29.2 Å². The molecule has 1 aliphatic rings. The van der Waals surface area contributed by atoms with Crippen LogP contribution in [-0.4, -0.2) is 20.9 Å². The summed E-state index contributed by atoms with van der Waals surface area (Å²) >= 11 is 6.04. The van der Waals surface area contributed by atoms with Crippen LogP contribution in [0.5, 0.6) is 0 Å². The normalized spacial score (nSPS) is 13.5. The minimum absolute atomic E-state index is 0.145. The van der Waals surface area contributed by atoms with Crippen LogP contribution in [0.1, 0.15) is 34.8 Å². The Morgan fingerprint density at radius 2 is 1.84 bits per heavy atom. The molecule has 0 unspecified atom stereocenters.